The van der Waals surface area contributed by atoms with Crippen LogP contribution in [0.5, 0.6) is 0 Å². The Balaban J connectivity index is 1.96. The zero-order valence-corrected chi connectivity index (χ0v) is 15.9. The zero-order valence-electron chi connectivity index (χ0n) is 15.9. The van der Waals surface area contributed by atoms with Gasteiger partial charge in [-0.25, -0.2) is 9.98 Å². The molecule has 0 radical (unpaired) electrons. The van der Waals surface area contributed by atoms with Crippen molar-refractivity contribution in [2.45, 2.75) is 59.5 Å². The topological polar surface area (TPSA) is 52.6 Å². The van der Waals surface area contributed by atoms with Crippen LogP contribution in [0, 0.1) is 5.92 Å². The average Bonchev–Trinajstić information content (AvgIpc) is 2.53. The van der Waals surface area contributed by atoms with Crippen molar-refractivity contribution in [3.63, 3.8) is 0 Å². The first kappa shape index (κ1) is 18.6. The number of guanidine groups is 1. The van der Waals surface area contributed by atoms with Crippen LogP contribution in [0.15, 0.2) is 23.3 Å². The van der Waals surface area contributed by atoms with Crippen molar-refractivity contribution in [1.82, 2.24) is 15.6 Å². The number of piperidine rings is 1. The molecule has 5 heteroatoms. The monoisotopic (exact) mass is 331 g/mol. The van der Waals surface area contributed by atoms with Crippen LogP contribution in [-0.2, 0) is 6.54 Å². The van der Waals surface area contributed by atoms with E-state index >= 15 is 0 Å². The van der Waals surface area contributed by atoms with Gasteiger partial charge in [0, 0.05) is 31.4 Å². The second kappa shape index (κ2) is 8.36. The molecule has 0 bridgehead atoms. The Kier molecular flexibility index (Phi) is 6.46. The van der Waals surface area contributed by atoms with Crippen molar-refractivity contribution in [3.05, 3.63) is 23.9 Å². The lowest BCUT2D eigenvalue weighted by molar-refractivity contribution is 0.436. The van der Waals surface area contributed by atoms with E-state index in [0.29, 0.717) is 6.54 Å². The third kappa shape index (κ3) is 6.02. The van der Waals surface area contributed by atoms with Gasteiger partial charge in [0.25, 0.3) is 0 Å². The molecule has 0 aromatic carbocycles. The van der Waals surface area contributed by atoms with Gasteiger partial charge in [0.2, 0.25) is 0 Å². The van der Waals surface area contributed by atoms with Gasteiger partial charge in [-0.1, -0.05) is 13.0 Å². The van der Waals surface area contributed by atoms with Crippen molar-refractivity contribution in [2.75, 3.05) is 24.5 Å². The standard InChI is InChI=1S/C19H33N5/c1-6-20-18(23-19(3,4)5)22-14-16-7-8-17(21-13-16)24-11-9-15(2)10-12-24/h7-8,13,15H,6,9-12,14H2,1-5H3,(H2,20,22,23). The maximum absolute atomic E-state index is 4.66. The molecular weight excluding hydrogens is 298 g/mol. The van der Waals surface area contributed by atoms with Crippen LogP contribution in [-0.4, -0.2) is 36.1 Å². The molecule has 1 aromatic rings. The van der Waals surface area contributed by atoms with Crippen LogP contribution >= 0.6 is 0 Å². The number of nitrogens with zero attached hydrogens (tertiary/aromatic N) is 3. The molecule has 2 N–H and O–H groups in total. The van der Waals surface area contributed by atoms with Gasteiger partial charge in [-0.15, -0.1) is 0 Å². The lowest BCUT2D eigenvalue weighted by atomic mass is 9.99. The molecule has 0 spiro atoms. The van der Waals surface area contributed by atoms with Crippen LogP contribution < -0.4 is 15.5 Å². The first-order chi connectivity index (χ1) is 11.4. The summed E-state index contributed by atoms with van der Waals surface area (Å²) in [4.78, 5) is 11.7. The Bertz CT molecular complexity index is 522. The largest absolute Gasteiger partial charge is 0.357 e. The molecule has 1 aromatic heterocycles. The van der Waals surface area contributed by atoms with Crippen LogP contribution in [0.3, 0.4) is 0 Å². The molecule has 5 nitrogen and oxygen atoms in total. The van der Waals surface area contributed by atoms with Crippen LogP contribution in [0.4, 0.5) is 5.82 Å². The summed E-state index contributed by atoms with van der Waals surface area (Å²) in [5.74, 6) is 2.78. The number of aromatic nitrogens is 1. The van der Waals surface area contributed by atoms with Gasteiger partial charge < -0.3 is 15.5 Å². The minimum absolute atomic E-state index is 0.00545. The Labute approximate surface area is 147 Å². The lowest BCUT2D eigenvalue weighted by Gasteiger charge is -2.31. The molecule has 0 atom stereocenters. The van der Waals surface area contributed by atoms with Crippen molar-refractivity contribution in [1.29, 1.82) is 0 Å². The fourth-order valence-electron chi connectivity index (χ4n) is 2.77. The highest BCUT2D eigenvalue weighted by Crippen LogP contribution is 2.21. The van der Waals surface area contributed by atoms with E-state index in [-0.39, 0.29) is 5.54 Å². The highest BCUT2D eigenvalue weighted by Gasteiger charge is 2.16. The number of rotatable bonds is 4. The second-order valence-electron chi connectivity index (χ2n) is 7.76. The van der Waals surface area contributed by atoms with E-state index in [9.17, 15) is 0 Å². The van der Waals surface area contributed by atoms with Gasteiger partial charge in [0.15, 0.2) is 5.96 Å². The number of hydrogen-bond acceptors (Lipinski definition) is 3. The average molecular weight is 332 g/mol. The van der Waals surface area contributed by atoms with E-state index < -0.39 is 0 Å². The Morgan fingerprint density at radius 3 is 2.54 bits per heavy atom. The molecule has 2 rings (SSSR count). The third-order valence-corrected chi connectivity index (χ3v) is 4.17. The molecule has 2 heterocycles. The van der Waals surface area contributed by atoms with Crippen LogP contribution in [0.1, 0.15) is 53.0 Å². The summed E-state index contributed by atoms with van der Waals surface area (Å²) in [6.07, 6.45) is 4.48. The minimum atomic E-state index is -0.00545. The van der Waals surface area contributed by atoms with Gasteiger partial charge in [0.1, 0.15) is 5.82 Å². The van der Waals surface area contributed by atoms with E-state index in [4.69, 9.17) is 0 Å². The fraction of sp³-hybridized carbons (Fsp3) is 0.684. The van der Waals surface area contributed by atoms with E-state index in [0.717, 1.165) is 42.9 Å². The molecular formula is C19H33N5. The highest BCUT2D eigenvalue weighted by atomic mass is 15.2. The predicted octanol–water partition coefficient (Wildman–Crippen LogP) is 3.17. The van der Waals surface area contributed by atoms with Crippen molar-refractivity contribution in [2.24, 2.45) is 10.9 Å². The molecule has 0 amide bonds. The summed E-state index contributed by atoms with van der Waals surface area (Å²) in [7, 11) is 0. The molecule has 0 unspecified atom stereocenters. The summed E-state index contributed by atoms with van der Waals surface area (Å²) >= 11 is 0. The van der Waals surface area contributed by atoms with E-state index in [1.54, 1.807) is 0 Å². The maximum Gasteiger partial charge on any atom is 0.191 e. The Morgan fingerprint density at radius 1 is 1.29 bits per heavy atom. The summed E-state index contributed by atoms with van der Waals surface area (Å²) < 4.78 is 0. The predicted molar refractivity (Wildman–Crippen MR) is 103 cm³/mol. The number of nitrogens with one attached hydrogen (secondary N) is 2. The normalized spacial score (nSPS) is 17.0. The van der Waals surface area contributed by atoms with E-state index in [2.05, 4.69) is 72.3 Å². The highest BCUT2D eigenvalue weighted by molar-refractivity contribution is 5.80. The molecule has 0 saturated carbocycles. The van der Waals surface area contributed by atoms with Gasteiger partial charge in [-0.05, 0) is 58.1 Å². The quantitative estimate of drug-likeness (QED) is 0.657. The SMILES string of the molecule is CCNC(=NCc1ccc(N2CCC(C)CC2)nc1)NC(C)(C)C. The van der Waals surface area contributed by atoms with E-state index in [1.165, 1.54) is 12.8 Å². The third-order valence-electron chi connectivity index (χ3n) is 4.17. The molecule has 24 heavy (non-hydrogen) atoms. The first-order valence-corrected chi connectivity index (χ1v) is 9.14. The molecule has 1 aliphatic heterocycles. The maximum atomic E-state index is 4.66. The summed E-state index contributed by atoms with van der Waals surface area (Å²) in [6, 6.07) is 4.27. The van der Waals surface area contributed by atoms with Crippen LogP contribution in [0.2, 0.25) is 0 Å². The van der Waals surface area contributed by atoms with E-state index in [1.807, 2.05) is 6.20 Å². The van der Waals surface area contributed by atoms with Crippen LogP contribution in [0.25, 0.3) is 0 Å². The number of pyridine rings is 1. The number of anilines is 1. The lowest BCUT2D eigenvalue weighted by Crippen LogP contribution is -2.47. The minimum Gasteiger partial charge on any atom is -0.357 e. The number of aliphatic imine (C=N–C) groups is 1. The first-order valence-electron chi connectivity index (χ1n) is 9.14. The molecule has 0 aliphatic carbocycles. The van der Waals surface area contributed by atoms with Crippen molar-refractivity contribution in [3.8, 4) is 0 Å². The zero-order chi connectivity index (χ0) is 17.6. The van der Waals surface area contributed by atoms with Crippen molar-refractivity contribution < 1.29 is 0 Å². The molecule has 1 aliphatic rings. The van der Waals surface area contributed by atoms with Gasteiger partial charge in [0.05, 0.1) is 6.54 Å². The molecule has 1 saturated heterocycles. The van der Waals surface area contributed by atoms with Crippen molar-refractivity contribution >= 4 is 11.8 Å². The number of hydrogen-bond donors (Lipinski definition) is 2. The Morgan fingerprint density at radius 2 is 2.00 bits per heavy atom. The molecule has 1 fully saturated rings. The summed E-state index contributed by atoms with van der Waals surface area (Å²) in [5.41, 5.74) is 1.13. The smallest absolute Gasteiger partial charge is 0.191 e. The fourth-order valence-corrected chi connectivity index (χ4v) is 2.77. The summed E-state index contributed by atoms with van der Waals surface area (Å²) in [6.45, 7) is 14.5. The molecule has 134 valence electrons. The van der Waals surface area contributed by atoms with Gasteiger partial charge >= 0.3 is 0 Å². The second-order valence-corrected chi connectivity index (χ2v) is 7.76. The van der Waals surface area contributed by atoms with Gasteiger partial charge in [-0.2, -0.15) is 0 Å². The summed E-state index contributed by atoms with van der Waals surface area (Å²) in [5, 5.41) is 6.69. The Hall–Kier alpha value is -1.78. The van der Waals surface area contributed by atoms with Gasteiger partial charge in [-0.3, -0.25) is 0 Å².